The lowest BCUT2D eigenvalue weighted by atomic mass is 10.5. The Balaban J connectivity index is 0.000000810. The highest BCUT2D eigenvalue weighted by atomic mass is 35.5. The van der Waals surface area contributed by atoms with Gasteiger partial charge < -0.3 is 5.32 Å². The minimum atomic E-state index is 0. The van der Waals surface area contributed by atoms with Crippen molar-refractivity contribution in [1.82, 2.24) is 10.2 Å². The fourth-order valence-corrected chi connectivity index (χ4v) is 0.599. The average Bonchev–Trinajstić information content (AvgIpc) is 1.91. The molecule has 0 saturated heterocycles. The summed E-state index contributed by atoms with van der Waals surface area (Å²) in [5, 5.41) is 10.4. The van der Waals surface area contributed by atoms with Gasteiger partial charge in [-0.3, -0.25) is 0 Å². The van der Waals surface area contributed by atoms with Gasteiger partial charge >= 0.3 is 0 Å². The van der Waals surface area contributed by atoms with Gasteiger partial charge in [-0.2, -0.15) is 10.2 Å². The summed E-state index contributed by atoms with van der Waals surface area (Å²) in [6, 6.07) is 1.89. The SMILES string of the molecule is CCNc1ccnnc1.Cl. The molecule has 56 valence electrons. The van der Waals surface area contributed by atoms with Crippen molar-refractivity contribution >= 4 is 18.1 Å². The molecule has 1 aromatic heterocycles. The van der Waals surface area contributed by atoms with Crippen molar-refractivity contribution in [2.45, 2.75) is 6.92 Å². The first-order chi connectivity index (χ1) is 4.43. The van der Waals surface area contributed by atoms with Crippen LogP contribution < -0.4 is 5.32 Å². The third-order valence-corrected chi connectivity index (χ3v) is 0.965. The molecule has 0 aromatic carbocycles. The quantitative estimate of drug-likeness (QED) is 0.708. The normalized spacial score (nSPS) is 8.10. The molecule has 0 bridgehead atoms. The summed E-state index contributed by atoms with van der Waals surface area (Å²) in [6.45, 7) is 2.96. The van der Waals surface area contributed by atoms with E-state index in [4.69, 9.17) is 0 Å². The van der Waals surface area contributed by atoms with Gasteiger partial charge in [0.2, 0.25) is 0 Å². The summed E-state index contributed by atoms with van der Waals surface area (Å²) >= 11 is 0. The summed E-state index contributed by atoms with van der Waals surface area (Å²) in [5.41, 5.74) is 1.02. The van der Waals surface area contributed by atoms with E-state index in [1.165, 1.54) is 0 Å². The van der Waals surface area contributed by atoms with Crippen LogP contribution in [0.3, 0.4) is 0 Å². The van der Waals surface area contributed by atoms with Crippen LogP contribution >= 0.6 is 12.4 Å². The van der Waals surface area contributed by atoms with Crippen molar-refractivity contribution in [3.05, 3.63) is 18.5 Å². The van der Waals surface area contributed by atoms with Crippen LogP contribution in [0.15, 0.2) is 18.5 Å². The van der Waals surface area contributed by atoms with E-state index in [2.05, 4.69) is 15.5 Å². The topological polar surface area (TPSA) is 37.8 Å². The van der Waals surface area contributed by atoms with Gasteiger partial charge in [0.1, 0.15) is 0 Å². The Kier molecular flexibility index (Phi) is 4.58. The van der Waals surface area contributed by atoms with Crippen molar-refractivity contribution in [3.8, 4) is 0 Å². The standard InChI is InChI=1S/C6H9N3.ClH/c1-2-7-6-3-4-8-9-5-6;/h3-5H,2H2,1H3,(H,7,8);1H. The second-order valence-electron chi connectivity index (χ2n) is 1.66. The number of rotatable bonds is 2. The minimum Gasteiger partial charge on any atom is -0.384 e. The highest BCUT2D eigenvalue weighted by Crippen LogP contribution is 1.98. The molecule has 0 radical (unpaired) electrons. The van der Waals surface area contributed by atoms with Gasteiger partial charge in [0.25, 0.3) is 0 Å². The smallest absolute Gasteiger partial charge is 0.0727 e. The van der Waals surface area contributed by atoms with Gasteiger partial charge in [-0.05, 0) is 13.0 Å². The van der Waals surface area contributed by atoms with Crippen molar-refractivity contribution < 1.29 is 0 Å². The van der Waals surface area contributed by atoms with Gasteiger partial charge in [0.15, 0.2) is 0 Å². The molecule has 1 aromatic rings. The number of halogens is 1. The van der Waals surface area contributed by atoms with Gasteiger partial charge in [-0.1, -0.05) is 0 Å². The molecule has 0 saturated carbocycles. The average molecular weight is 160 g/mol. The Morgan fingerprint density at radius 1 is 1.50 bits per heavy atom. The molecule has 3 nitrogen and oxygen atoms in total. The first-order valence-corrected chi connectivity index (χ1v) is 2.94. The molecular formula is C6H10ClN3. The van der Waals surface area contributed by atoms with Crippen molar-refractivity contribution in [2.75, 3.05) is 11.9 Å². The van der Waals surface area contributed by atoms with E-state index in [1.807, 2.05) is 13.0 Å². The highest BCUT2D eigenvalue weighted by Gasteiger charge is 1.83. The molecule has 0 atom stereocenters. The number of hydrogen-bond acceptors (Lipinski definition) is 3. The van der Waals surface area contributed by atoms with Crippen LogP contribution in [-0.4, -0.2) is 16.7 Å². The Morgan fingerprint density at radius 2 is 2.30 bits per heavy atom. The Bertz CT molecular complexity index is 166. The van der Waals surface area contributed by atoms with E-state index >= 15 is 0 Å². The van der Waals surface area contributed by atoms with E-state index in [0.717, 1.165) is 12.2 Å². The second-order valence-corrected chi connectivity index (χ2v) is 1.66. The summed E-state index contributed by atoms with van der Waals surface area (Å²) in [7, 11) is 0. The molecule has 0 aliphatic rings. The van der Waals surface area contributed by atoms with Crippen molar-refractivity contribution in [3.63, 3.8) is 0 Å². The molecule has 0 amide bonds. The molecule has 1 rings (SSSR count). The molecule has 0 unspecified atom stereocenters. The molecule has 1 N–H and O–H groups in total. The van der Waals surface area contributed by atoms with Crippen molar-refractivity contribution in [1.29, 1.82) is 0 Å². The third kappa shape index (κ3) is 2.64. The zero-order valence-electron chi connectivity index (χ0n) is 5.74. The van der Waals surface area contributed by atoms with Crippen LogP contribution in [-0.2, 0) is 0 Å². The lowest BCUT2D eigenvalue weighted by Gasteiger charge is -1.97. The first kappa shape index (κ1) is 9.17. The van der Waals surface area contributed by atoms with Gasteiger partial charge in [-0.15, -0.1) is 12.4 Å². The molecule has 4 heteroatoms. The van der Waals surface area contributed by atoms with Crippen LogP contribution in [0.1, 0.15) is 6.92 Å². The summed E-state index contributed by atoms with van der Waals surface area (Å²) in [4.78, 5) is 0. The molecule has 0 aliphatic carbocycles. The molecule has 10 heavy (non-hydrogen) atoms. The largest absolute Gasteiger partial charge is 0.384 e. The van der Waals surface area contributed by atoms with Crippen molar-refractivity contribution in [2.24, 2.45) is 0 Å². The summed E-state index contributed by atoms with van der Waals surface area (Å²) in [6.07, 6.45) is 3.36. The molecular weight excluding hydrogens is 150 g/mol. The third-order valence-electron chi connectivity index (χ3n) is 0.965. The molecule has 1 heterocycles. The summed E-state index contributed by atoms with van der Waals surface area (Å²) < 4.78 is 0. The maximum absolute atomic E-state index is 3.69. The maximum Gasteiger partial charge on any atom is 0.0727 e. The monoisotopic (exact) mass is 159 g/mol. The Hall–Kier alpha value is -0.830. The zero-order valence-corrected chi connectivity index (χ0v) is 6.56. The van der Waals surface area contributed by atoms with Gasteiger partial charge in [-0.25, -0.2) is 0 Å². The fourth-order valence-electron chi connectivity index (χ4n) is 0.599. The van der Waals surface area contributed by atoms with Gasteiger partial charge in [0.05, 0.1) is 18.1 Å². The number of anilines is 1. The number of aromatic nitrogens is 2. The number of hydrogen-bond donors (Lipinski definition) is 1. The van der Waals surface area contributed by atoms with E-state index in [0.29, 0.717) is 0 Å². The maximum atomic E-state index is 3.69. The minimum absolute atomic E-state index is 0. The summed E-state index contributed by atoms with van der Waals surface area (Å²) in [5.74, 6) is 0. The first-order valence-electron chi connectivity index (χ1n) is 2.94. The Labute approximate surface area is 66.3 Å². The van der Waals surface area contributed by atoms with Crippen LogP contribution in [0.4, 0.5) is 5.69 Å². The van der Waals surface area contributed by atoms with Crippen LogP contribution in [0.2, 0.25) is 0 Å². The molecule has 0 fully saturated rings. The number of nitrogens with zero attached hydrogens (tertiary/aromatic N) is 2. The highest BCUT2D eigenvalue weighted by molar-refractivity contribution is 5.85. The van der Waals surface area contributed by atoms with E-state index in [9.17, 15) is 0 Å². The zero-order chi connectivity index (χ0) is 6.53. The lowest BCUT2D eigenvalue weighted by Crippen LogP contribution is -1.96. The van der Waals surface area contributed by atoms with Crippen LogP contribution in [0, 0.1) is 0 Å². The van der Waals surface area contributed by atoms with Gasteiger partial charge in [0, 0.05) is 6.54 Å². The second kappa shape index (κ2) is 4.99. The van der Waals surface area contributed by atoms with Crippen LogP contribution in [0.5, 0.6) is 0 Å². The van der Waals surface area contributed by atoms with E-state index < -0.39 is 0 Å². The predicted octanol–water partition coefficient (Wildman–Crippen LogP) is 1.33. The predicted molar refractivity (Wildman–Crippen MR) is 43.4 cm³/mol. The molecule has 0 spiro atoms. The fraction of sp³-hybridized carbons (Fsp3) is 0.333. The van der Waals surface area contributed by atoms with Crippen LogP contribution in [0.25, 0.3) is 0 Å². The lowest BCUT2D eigenvalue weighted by molar-refractivity contribution is 1.02. The van der Waals surface area contributed by atoms with E-state index in [-0.39, 0.29) is 12.4 Å². The molecule has 0 aliphatic heterocycles. The Morgan fingerprint density at radius 3 is 2.80 bits per heavy atom. The van der Waals surface area contributed by atoms with E-state index in [1.54, 1.807) is 12.4 Å². The number of nitrogens with one attached hydrogen (secondary N) is 1.